The summed E-state index contributed by atoms with van der Waals surface area (Å²) in [6.45, 7) is 4.11. The summed E-state index contributed by atoms with van der Waals surface area (Å²) < 4.78 is 32.6. The van der Waals surface area contributed by atoms with Gasteiger partial charge in [-0.1, -0.05) is 26.0 Å². The molecule has 6 heteroatoms. The summed E-state index contributed by atoms with van der Waals surface area (Å²) in [5, 5.41) is 1.73. The van der Waals surface area contributed by atoms with E-state index in [0.29, 0.717) is 17.4 Å². The third-order valence-electron chi connectivity index (χ3n) is 2.89. The zero-order valence-electron chi connectivity index (χ0n) is 11.6. The zero-order chi connectivity index (χ0) is 14.8. The Bertz CT molecular complexity index is 676. The number of rotatable bonds is 5. The normalized spacial score (nSPS) is 11.6. The van der Waals surface area contributed by atoms with Crippen molar-refractivity contribution in [2.24, 2.45) is 0 Å². The van der Waals surface area contributed by atoms with Crippen molar-refractivity contribution in [3.63, 3.8) is 0 Å². The van der Waals surface area contributed by atoms with Crippen molar-refractivity contribution in [3.8, 4) is 5.75 Å². The van der Waals surface area contributed by atoms with E-state index in [1.807, 2.05) is 12.1 Å². The van der Waals surface area contributed by atoms with Gasteiger partial charge in [0.2, 0.25) is 0 Å². The van der Waals surface area contributed by atoms with Crippen molar-refractivity contribution >= 4 is 27.0 Å². The molecule has 0 amide bonds. The Kier molecular flexibility index (Phi) is 4.35. The van der Waals surface area contributed by atoms with Crippen LogP contribution in [0.4, 0.5) is 5.69 Å². The number of nitrogens with one attached hydrogen (secondary N) is 1. The van der Waals surface area contributed by atoms with E-state index in [9.17, 15) is 8.42 Å². The average molecular weight is 311 g/mol. The number of anilines is 1. The quantitative estimate of drug-likeness (QED) is 0.916. The summed E-state index contributed by atoms with van der Waals surface area (Å²) in [7, 11) is -2.04. The molecule has 1 heterocycles. The Morgan fingerprint density at radius 2 is 2.00 bits per heavy atom. The number of hydrogen-bond acceptors (Lipinski definition) is 4. The van der Waals surface area contributed by atoms with Gasteiger partial charge in [0.15, 0.2) is 0 Å². The Labute approximate surface area is 123 Å². The topological polar surface area (TPSA) is 55.4 Å². The Balaban J connectivity index is 2.39. The fourth-order valence-electron chi connectivity index (χ4n) is 1.78. The average Bonchev–Trinajstić information content (AvgIpc) is 2.92. The van der Waals surface area contributed by atoms with E-state index in [2.05, 4.69) is 18.6 Å². The van der Waals surface area contributed by atoms with Crippen LogP contribution in [-0.4, -0.2) is 15.5 Å². The number of methoxy groups -OCH3 is 1. The molecule has 0 bridgehead atoms. The van der Waals surface area contributed by atoms with Crippen LogP contribution in [0.25, 0.3) is 0 Å². The lowest BCUT2D eigenvalue weighted by Gasteiger charge is -2.14. The summed E-state index contributed by atoms with van der Waals surface area (Å²) in [4.78, 5) is 0. The van der Waals surface area contributed by atoms with E-state index in [1.165, 1.54) is 18.4 Å². The maximum Gasteiger partial charge on any atom is 0.271 e. The van der Waals surface area contributed by atoms with Gasteiger partial charge in [0.05, 0.1) is 12.8 Å². The van der Waals surface area contributed by atoms with Gasteiger partial charge in [0.25, 0.3) is 10.0 Å². The van der Waals surface area contributed by atoms with Gasteiger partial charge in [-0.25, -0.2) is 8.42 Å². The van der Waals surface area contributed by atoms with Crippen LogP contribution in [-0.2, 0) is 10.0 Å². The van der Waals surface area contributed by atoms with Crippen LogP contribution in [0.2, 0.25) is 0 Å². The molecule has 0 radical (unpaired) electrons. The second-order valence-corrected chi connectivity index (χ2v) is 7.51. The minimum Gasteiger partial charge on any atom is -0.495 e. The van der Waals surface area contributed by atoms with Crippen molar-refractivity contribution in [1.29, 1.82) is 0 Å². The van der Waals surface area contributed by atoms with Gasteiger partial charge in [-0.2, -0.15) is 0 Å². The van der Waals surface area contributed by atoms with Crippen LogP contribution in [0.5, 0.6) is 5.75 Å². The molecular weight excluding hydrogens is 294 g/mol. The number of hydrogen-bond donors (Lipinski definition) is 1. The van der Waals surface area contributed by atoms with Crippen molar-refractivity contribution in [3.05, 3.63) is 41.3 Å². The molecule has 0 saturated heterocycles. The van der Waals surface area contributed by atoms with E-state index in [4.69, 9.17) is 4.74 Å². The number of sulfonamides is 1. The van der Waals surface area contributed by atoms with E-state index < -0.39 is 10.0 Å². The van der Waals surface area contributed by atoms with Crippen molar-refractivity contribution in [1.82, 2.24) is 0 Å². The Hall–Kier alpha value is -1.53. The second-order valence-electron chi connectivity index (χ2n) is 4.65. The van der Waals surface area contributed by atoms with Gasteiger partial charge in [-0.05, 0) is 35.1 Å². The molecule has 0 aliphatic heterocycles. The van der Waals surface area contributed by atoms with Crippen molar-refractivity contribution in [2.45, 2.75) is 24.0 Å². The Morgan fingerprint density at radius 3 is 2.55 bits per heavy atom. The summed E-state index contributed by atoms with van der Waals surface area (Å²) in [5.41, 5.74) is 1.52. The predicted octanol–water partition coefficient (Wildman–Crippen LogP) is 3.68. The lowest BCUT2D eigenvalue weighted by molar-refractivity contribution is 0.416. The minimum absolute atomic E-state index is 0.287. The summed E-state index contributed by atoms with van der Waals surface area (Å²) >= 11 is 1.18. The highest BCUT2D eigenvalue weighted by Crippen LogP contribution is 2.31. The van der Waals surface area contributed by atoms with Crippen molar-refractivity contribution in [2.75, 3.05) is 11.8 Å². The molecule has 0 saturated carbocycles. The molecule has 108 valence electrons. The van der Waals surface area contributed by atoms with Gasteiger partial charge in [-0.3, -0.25) is 4.72 Å². The van der Waals surface area contributed by atoms with Gasteiger partial charge in [0.1, 0.15) is 9.96 Å². The monoisotopic (exact) mass is 311 g/mol. The first-order chi connectivity index (χ1) is 9.44. The molecular formula is C14H17NO3S2. The minimum atomic E-state index is -3.56. The van der Waals surface area contributed by atoms with Crippen LogP contribution < -0.4 is 9.46 Å². The molecule has 2 rings (SSSR count). The van der Waals surface area contributed by atoms with E-state index >= 15 is 0 Å². The lowest BCUT2D eigenvalue weighted by Crippen LogP contribution is -2.12. The molecule has 1 aromatic carbocycles. The first kappa shape index (κ1) is 14.9. The first-order valence-electron chi connectivity index (χ1n) is 6.18. The highest BCUT2D eigenvalue weighted by atomic mass is 32.2. The molecule has 1 N–H and O–H groups in total. The third-order valence-corrected chi connectivity index (χ3v) is 5.66. The van der Waals surface area contributed by atoms with Crippen molar-refractivity contribution < 1.29 is 13.2 Å². The van der Waals surface area contributed by atoms with Crippen LogP contribution in [0.3, 0.4) is 0 Å². The maximum atomic E-state index is 12.3. The van der Waals surface area contributed by atoms with E-state index in [-0.39, 0.29) is 4.21 Å². The van der Waals surface area contributed by atoms with Crippen LogP contribution in [0, 0.1) is 0 Å². The fraction of sp³-hybridized carbons (Fsp3) is 0.286. The fourth-order valence-corrected chi connectivity index (χ4v) is 3.83. The molecule has 0 atom stereocenters. The van der Waals surface area contributed by atoms with Crippen LogP contribution in [0.15, 0.2) is 39.9 Å². The van der Waals surface area contributed by atoms with Gasteiger partial charge in [0, 0.05) is 0 Å². The highest BCUT2D eigenvalue weighted by molar-refractivity contribution is 7.94. The van der Waals surface area contributed by atoms with Gasteiger partial charge >= 0.3 is 0 Å². The zero-order valence-corrected chi connectivity index (χ0v) is 13.2. The summed E-state index contributed by atoms with van der Waals surface area (Å²) in [5.74, 6) is 0.820. The smallest absolute Gasteiger partial charge is 0.271 e. The number of benzene rings is 1. The number of thiophene rings is 1. The first-order valence-corrected chi connectivity index (χ1v) is 8.54. The molecule has 20 heavy (non-hydrogen) atoms. The van der Waals surface area contributed by atoms with E-state index in [0.717, 1.165) is 5.56 Å². The molecule has 0 spiro atoms. The molecule has 4 nitrogen and oxygen atoms in total. The Morgan fingerprint density at radius 1 is 1.25 bits per heavy atom. The van der Waals surface area contributed by atoms with Gasteiger partial charge in [-0.15, -0.1) is 11.3 Å². The molecule has 0 unspecified atom stereocenters. The largest absolute Gasteiger partial charge is 0.495 e. The highest BCUT2D eigenvalue weighted by Gasteiger charge is 2.18. The lowest BCUT2D eigenvalue weighted by atomic mass is 10.0. The molecule has 0 aliphatic rings. The standard InChI is InChI=1S/C14H17NO3S2/c1-10(2)11-6-7-13(18-3)12(9-11)15-20(16,17)14-5-4-8-19-14/h4-10,15H,1-3H3. The molecule has 0 aliphatic carbocycles. The number of ether oxygens (including phenoxy) is 1. The maximum absolute atomic E-state index is 12.3. The van der Waals surface area contributed by atoms with E-state index in [1.54, 1.807) is 23.6 Å². The predicted molar refractivity (Wildman–Crippen MR) is 82.2 cm³/mol. The van der Waals surface area contributed by atoms with Gasteiger partial charge < -0.3 is 4.74 Å². The summed E-state index contributed by atoms with van der Waals surface area (Å²) in [6, 6.07) is 8.81. The van der Waals surface area contributed by atoms with Crippen LogP contribution >= 0.6 is 11.3 Å². The second kappa shape index (κ2) is 5.85. The van der Waals surface area contributed by atoms with Crippen LogP contribution in [0.1, 0.15) is 25.3 Å². The third kappa shape index (κ3) is 3.13. The summed E-state index contributed by atoms with van der Waals surface area (Å²) in [6.07, 6.45) is 0. The molecule has 1 aromatic heterocycles. The SMILES string of the molecule is COc1ccc(C(C)C)cc1NS(=O)(=O)c1cccs1. The molecule has 0 fully saturated rings. The molecule has 2 aromatic rings.